The quantitative estimate of drug-likeness (QED) is 0.657. The van der Waals surface area contributed by atoms with Crippen LogP contribution in [0.25, 0.3) is 0 Å². The van der Waals surface area contributed by atoms with Crippen LogP contribution in [0.15, 0.2) is 11.3 Å². The van der Waals surface area contributed by atoms with E-state index < -0.39 is 0 Å². The van der Waals surface area contributed by atoms with Gasteiger partial charge in [-0.1, -0.05) is 26.7 Å². The fraction of sp³-hybridized carbons (Fsp3) is 0.800. The summed E-state index contributed by atoms with van der Waals surface area (Å²) in [6.07, 6.45) is 5.73. The molecular weight excluding hydrogens is 136 g/mol. The van der Waals surface area contributed by atoms with E-state index in [2.05, 4.69) is 13.8 Å². The molecule has 0 amide bonds. The molecule has 0 spiro atoms. The largest absolute Gasteiger partial charge is 0.512 e. The average Bonchev–Trinajstić information content (AvgIpc) is 2.00. The second-order valence-corrected chi connectivity index (χ2v) is 3.41. The third kappa shape index (κ3) is 1.76. The number of aliphatic hydroxyl groups is 1. The highest BCUT2D eigenvalue weighted by molar-refractivity contribution is 5.22. The fourth-order valence-electron chi connectivity index (χ4n) is 1.83. The lowest BCUT2D eigenvalue weighted by atomic mass is 9.78. The summed E-state index contributed by atoms with van der Waals surface area (Å²) in [4.78, 5) is 0. The van der Waals surface area contributed by atoms with Gasteiger partial charge in [-0.3, -0.25) is 0 Å². The molecule has 64 valence electrons. The third-order valence-electron chi connectivity index (χ3n) is 2.46. The summed E-state index contributed by atoms with van der Waals surface area (Å²) in [5, 5.41) is 9.32. The van der Waals surface area contributed by atoms with Crippen molar-refractivity contribution in [1.82, 2.24) is 0 Å². The summed E-state index contributed by atoms with van der Waals surface area (Å²) in [6, 6.07) is 0. The van der Waals surface area contributed by atoms with Crippen molar-refractivity contribution < 1.29 is 5.11 Å². The van der Waals surface area contributed by atoms with Crippen LogP contribution in [0.2, 0.25) is 0 Å². The predicted molar refractivity (Wildman–Crippen MR) is 47.6 cm³/mol. The molecule has 0 saturated heterocycles. The van der Waals surface area contributed by atoms with Crippen LogP contribution < -0.4 is 0 Å². The summed E-state index contributed by atoms with van der Waals surface area (Å²) in [7, 11) is 0. The molecule has 1 aliphatic rings. The van der Waals surface area contributed by atoms with Crippen molar-refractivity contribution in [1.29, 1.82) is 0 Å². The van der Waals surface area contributed by atoms with Gasteiger partial charge < -0.3 is 5.11 Å². The molecule has 1 atom stereocenters. The Morgan fingerprint density at radius 3 is 2.55 bits per heavy atom. The van der Waals surface area contributed by atoms with E-state index in [0.717, 1.165) is 18.8 Å². The number of hydrogen-bond donors (Lipinski definition) is 1. The van der Waals surface area contributed by atoms with Gasteiger partial charge >= 0.3 is 0 Å². The van der Waals surface area contributed by atoms with E-state index in [9.17, 15) is 5.11 Å². The van der Waals surface area contributed by atoms with Gasteiger partial charge in [0.05, 0.1) is 5.76 Å². The Labute approximate surface area is 69.1 Å². The number of aliphatic hydroxyl groups excluding tert-OH is 1. The molecule has 0 aromatic rings. The highest BCUT2D eigenvalue weighted by Crippen LogP contribution is 2.38. The first-order valence-corrected chi connectivity index (χ1v) is 4.70. The number of hydrogen-bond acceptors (Lipinski definition) is 1. The molecule has 1 N–H and O–H groups in total. The van der Waals surface area contributed by atoms with Gasteiger partial charge in [0.15, 0.2) is 0 Å². The minimum atomic E-state index is 0.685. The highest BCUT2D eigenvalue weighted by atomic mass is 16.3. The van der Waals surface area contributed by atoms with E-state index in [0.29, 0.717) is 5.76 Å². The first-order valence-electron chi connectivity index (χ1n) is 4.70. The van der Waals surface area contributed by atoms with Crippen molar-refractivity contribution in [3.8, 4) is 0 Å². The molecule has 11 heavy (non-hydrogen) atoms. The molecule has 1 heteroatoms. The van der Waals surface area contributed by atoms with Crippen LogP contribution in [-0.4, -0.2) is 5.11 Å². The minimum absolute atomic E-state index is 0.685. The van der Waals surface area contributed by atoms with E-state index >= 15 is 0 Å². The topological polar surface area (TPSA) is 20.2 Å². The van der Waals surface area contributed by atoms with Crippen molar-refractivity contribution in [2.75, 3.05) is 0 Å². The van der Waals surface area contributed by atoms with Crippen LogP contribution in [0.1, 0.15) is 46.0 Å². The zero-order chi connectivity index (χ0) is 8.27. The van der Waals surface area contributed by atoms with Crippen LogP contribution in [-0.2, 0) is 0 Å². The molecule has 0 heterocycles. The molecule has 0 aliphatic heterocycles. The first-order chi connectivity index (χ1) is 5.29. The smallest absolute Gasteiger partial charge is 0.0923 e. The predicted octanol–water partition coefficient (Wildman–Crippen LogP) is 3.42. The standard InChI is InChI=1S/C10H18O/c1-3-5-8-7-10(11)9(8)6-4-2/h8,11H,3-7H2,1-2H3. The Morgan fingerprint density at radius 1 is 1.36 bits per heavy atom. The van der Waals surface area contributed by atoms with Gasteiger partial charge in [0.2, 0.25) is 0 Å². The average molecular weight is 154 g/mol. The summed E-state index contributed by atoms with van der Waals surface area (Å²) in [5.74, 6) is 1.41. The lowest BCUT2D eigenvalue weighted by Crippen LogP contribution is -2.18. The molecule has 1 nitrogen and oxygen atoms in total. The van der Waals surface area contributed by atoms with Crippen molar-refractivity contribution in [2.24, 2.45) is 5.92 Å². The lowest BCUT2D eigenvalue weighted by molar-refractivity contribution is 0.286. The van der Waals surface area contributed by atoms with E-state index in [1.54, 1.807) is 0 Å². The van der Waals surface area contributed by atoms with Gasteiger partial charge in [-0.25, -0.2) is 0 Å². The number of rotatable bonds is 4. The zero-order valence-electron chi connectivity index (χ0n) is 7.56. The van der Waals surface area contributed by atoms with Crippen LogP contribution in [0, 0.1) is 5.92 Å². The Morgan fingerprint density at radius 2 is 2.09 bits per heavy atom. The van der Waals surface area contributed by atoms with Gasteiger partial charge in [-0.05, 0) is 24.3 Å². The molecule has 1 rings (SSSR count). The molecule has 0 saturated carbocycles. The second kappa shape index (κ2) is 3.80. The van der Waals surface area contributed by atoms with Gasteiger partial charge in [-0.15, -0.1) is 0 Å². The molecule has 0 bridgehead atoms. The van der Waals surface area contributed by atoms with Crippen molar-refractivity contribution >= 4 is 0 Å². The molecule has 0 radical (unpaired) electrons. The summed E-state index contributed by atoms with van der Waals surface area (Å²) in [6.45, 7) is 4.38. The maximum atomic E-state index is 9.32. The van der Waals surface area contributed by atoms with E-state index in [1.165, 1.54) is 24.8 Å². The Kier molecular flexibility index (Phi) is 2.98. The molecule has 0 aromatic heterocycles. The Balaban J connectivity index is 2.40. The van der Waals surface area contributed by atoms with Gasteiger partial charge in [0, 0.05) is 6.42 Å². The van der Waals surface area contributed by atoms with E-state index in [4.69, 9.17) is 0 Å². The van der Waals surface area contributed by atoms with Gasteiger partial charge in [0.25, 0.3) is 0 Å². The third-order valence-corrected chi connectivity index (χ3v) is 2.46. The SMILES string of the molecule is CCCC1=C(O)CC1CCC. The van der Waals surface area contributed by atoms with E-state index in [1.807, 2.05) is 0 Å². The number of allylic oxidation sites excluding steroid dienone is 2. The minimum Gasteiger partial charge on any atom is -0.512 e. The maximum absolute atomic E-state index is 9.32. The highest BCUT2D eigenvalue weighted by Gasteiger charge is 2.27. The van der Waals surface area contributed by atoms with Crippen LogP contribution in [0.5, 0.6) is 0 Å². The summed E-state index contributed by atoms with van der Waals surface area (Å²) >= 11 is 0. The fourth-order valence-corrected chi connectivity index (χ4v) is 1.83. The zero-order valence-corrected chi connectivity index (χ0v) is 7.56. The maximum Gasteiger partial charge on any atom is 0.0923 e. The van der Waals surface area contributed by atoms with Crippen LogP contribution in [0.3, 0.4) is 0 Å². The van der Waals surface area contributed by atoms with Gasteiger partial charge in [0.1, 0.15) is 0 Å². The van der Waals surface area contributed by atoms with Crippen molar-refractivity contribution in [3.63, 3.8) is 0 Å². The summed E-state index contributed by atoms with van der Waals surface area (Å²) < 4.78 is 0. The Bertz CT molecular complexity index is 158. The Hall–Kier alpha value is -0.460. The van der Waals surface area contributed by atoms with Crippen LogP contribution in [0.4, 0.5) is 0 Å². The second-order valence-electron chi connectivity index (χ2n) is 3.41. The van der Waals surface area contributed by atoms with Crippen molar-refractivity contribution in [2.45, 2.75) is 46.0 Å². The molecule has 1 unspecified atom stereocenters. The first kappa shape index (κ1) is 8.63. The van der Waals surface area contributed by atoms with Crippen LogP contribution >= 0.6 is 0 Å². The molecule has 0 aromatic carbocycles. The molecule has 0 fully saturated rings. The lowest BCUT2D eigenvalue weighted by Gasteiger charge is -2.29. The summed E-state index contributed by atoms with van der Waals surface area (Å²) in [5.41, 5.74) is 1.34. The van der Waals surface area contributed by atoms with E-state index in [-0.39, 0.29) is 0 Å². The molecule has 1 aliphatic carbocycles. The normalized spacial score (nSPS) is 23.6. The van der Waals surface area contributed by atoms with Crippen molar-refractivity contribution in [3.05, 3.63) is 11.3 Å². The van der Waals surface area contributed by atoms with Gasteiger partial charge in [-0.2, -0.15) is 0 Å². The monoisotopic (exact) mass is 154 g/mol. The molecular formula is C10H18O.